The number of carbonyl (C=O) groups excluding carboxylic acids is 3. The molecule has 0 spiro atoms. The van der Waals surface area contributed by atoms with Gasteiger partial charge in [-0.15, -0.1) is 0 Å². The third-order valence-electron chi connectivity index (χ3n) is 6.72. The van der Waals surface area contributed by atoms with Gasteiger partial charge in [0.1, 0.15) is 22.9 Å². The van der Waals surface area contributed by atoms with E-state index in [1.54, 1.807) is 63.2 Å². The summed E-state index contributed by atoms with van der Waals surface area (Å²) in [5.74, 6) is -1.21. The molecule has 41 heavy (non-hydrogen) atoms. The van der Waals surface area contributed by atoms with E-state index in [2.05, 4.69) is 20.9 Å². The maximum atomic E-state index is 14.3. The van der Waals surface area contributed by atoms with Gasteiger partial charge >= 0.3 is 11.9 Å². The number of hydrogen-bond acceptors (Lipinski definition) is 9. The molecule has 1 atom stereocenters. The molecule has 1 amide bonds. The van der Waals surface area contributed by atoms with Crippen LogP contribution in [0.4, 0.5) is 5.69 Å². The number of hydrogen-bond donors (Lipinski definition) is 0. The molecule has 0 N–H and O–H groups in total. The fourth-order valence-electron chi connectivity index (χ4n) is 5.05. The van der Waals surface area contributed by atoms with E-state index in [9.17, 15) is 19.2 Å². The Morgan fingerprint density at radius 1 is 1.07 bits per heavy atom. The lowest BCUT2D eigenvalue weighted by Crippen LogP contribution is -2.41. The van der Waals surface area contributed by atoms with Crippen LogP contribution in [0, 0.1) is 0 Å². The Balaban J connectivity index is 1.80. The fraction of sp³-hybridized carbons (Fsp3) is 0.276. The highest BCUT2D eigenvalue weighted by Crippen LogP contribution is 2.38. The first-order chi connectivity index (χ1) is 19.7. The minimum atomic E-state index is -0.936. The van der Waals surface area contributed by atoms with Gasteiger partial charge in [-0.3, -0.25) is 23.9 Å². The number of methoxy groups -OCH3 is 1. The van der Waals surface area contributed by atoms with Crippen molar-refractivity contribution in [3.63, 3.8) is 0 Å². The lowest BCUT2D eigenvalue weighted by Gasteiger charge is -2.26. The van der Waals surface area contributed by atoms with Gasteiger partial charge in [0.2, 0.25) is 0 Å². The molecule has 5 rings (SSSR count). The number of amides is 1. The average Bonchev–Trinajstić information content (AvgIpc) is 3.40. The Kier molecular flexibility index (Phi) is 7.96. The maximum absolute atomic E-state index is 14.3. The third kappa shape index (κ3) is 4.91. The number of rotatable bonds is 7. The standard InChI is InChI=1S/C29H26BrN3O7S/c1-5-39-21(34)14-32-19-10-8-7-9-17(19)23(26(32)35)25-27(36)33-24(18-13-16(30)11-12-20(18)38-4)22(28(37)40-6-2)15(3)31-29(33)41-25/h7-13,24H,5-6,14H2,1-4H3/b25-23-/t24-/m0/s1. The van der Waals surface area contributed by atoms with Crippen molar-refractivity contribution in [2.75, 3.05) is 31.8 Å². The summed E-state index contributed by atoms with van der Waals surface area (Å²) in [6, 6.07) is 11.3. The Labute approximate surface area is 247 Å². The van der Waals surface area contributed by atoms with Crippen molar-refractivity contribution in [1.29, 1.82) is 0 Å². The van der Waals surface area contributed by atoms with Crippen molar-refractivity contribution in [3.05, 3.63) is 89.0 Å². The van der Waals surface area contributed by atoms with Crippen molar-refractivity contribution in [3.8, 4) is 5.75 Å². The number of nitrogens with zero attached hydrogens (tertiary/aromatic N) is 3. The molecule has 0 aliphatic carbocycles. The minimum absolute atomic E-state index is 0.133. The van der Waals surface area contributed by atoms with Crippen LogP contribution >= 0.6 is 27.3 Å². The molecule has 3 aromatic rings. The van der Waals surface area contributed by atoms with Gasteiger partial charge in [0.15, 0.2) is 4.80 Å². The average molecular weight is 641 g/mol. The molecule has 2 aliphatic heterocycles. The molecule has 212 valence electrons. The van der Waals surface area contributed by atoms with Crippen LogP contribution in [-0.2, 0) is 23.9 Å². The second-order valence-electron chi connectivity index (χ2n) is 9.10. The van der Waals surface area contributed by atoms with Crippen molar-refractivity contribution in [2.24, 2.45) is 4.99 Å². The highest BCUT2D eigenvalue weighted by Gasteiger charge is 2.39. The molecular weight excluding hydrogens is 614 g/mol. The molecule has 12 heteroatoms. The van der Waals surface area contributed by atoms with Gasteiger partial charge in [-0.1, -0.05) is 45.5 Å². The first-order valence-electron chi connectivity index (χ1n) is 12.8. The molecule has 2 aliphatic rings. The van der Waals surface area contributed by atoms with Gasteiger partial charge in [-0.05, 0) is 45.0 Å². The van der Waals surface area contributed by atoms with Gasteiger partial charge in [0.25, 0.3) is 11.5 Å². The summed E-state index contributed by atoms with van der Waals surface area (Å²) < 4.78 is 18.3. The number of carbonyl (C=O) groups is 3. The quantitative estimate of drug-likeness (QED) is 0.365. The van der Waals surface area contributed by atoms with Crippen LogP contribution in [0.2, 0.25) is 0 Å². The van der Waals surface area contributed by atoms with Crippen LogP contribution in [0.1, 0.15) is 37.9 Å². The van der Waals surface area contributed by atoms with Crippen LogP contribution in [0.25, 0.3) is 5.57 Å². The highest BCUT2D eigenvalue weighted by molar-refractivity contribution is 9.10. The second-order valence-corrected chi connectivity index (χ2v) is 11.0. The number of thiazole rings is 1. The molecule has 0 saturated heterocycles. The first-order valence-corrected chi connectivity index (χ1v) is 14.4. The van der Waals surface area contributed by atoms with Crippen LogP contribution in [0.3, 0.4) is 0 Å². The molecule has 0 fully saturated rings. The number of esters is 2. The first kappa shape index (κ1) is 28.5. The van der Waals surface area contributed by atoms with E-state index in [1.165, 1.54) is 16.6 Å². The number of allylic oxidation sites excluding steroid dienone is 1. The van der Waals surface area contributed by atoms with E-state index in [0.29, 0.717) is 37.5 Å². The van der Waals surface area contributed by atoms with Crippen molar-refractivity contribution in [2.45, 2.75) is 26.8 Å². The van der Waals surface area contributed by atoms with Gasteiger partial charge in [0, 0.05) is 15.6 Å². The summed E-state index contributed by atoms with van der Waals surface area (Å²) in [6.45, 7) is 5.08. The Morgan fingerprint density at radius 3 is 2.51 bits per heavy atom. The zero-order valence-electron chi connectivity index (χ0n) is 22.7. The Hall–Kier alpha value is -4.03. The summed E-state index contributed by atoms with van der Waals surface area (Å²) in [5, 5.41) is 0. The Bertz CT molecular complexity index is 1810. The zero-order chi connectivity index (χ0) is 29.4. The predicted molar refractivity (Wildman–Crippen MR) is 155 cm³/mol. The monoisotopic (exact) mass is 639 g/mol. The lowest BCUT2D eigenvalue weighted by molar-refractivity contribution is -0.142. The van der Waals surface area contributed by atoms with E-state index in [-0.39, 0.29) is 35.4 Å². The van der Waals surface area contributed by atoms with Crippen LogP contribution in [0.5, 0.6) is 5.75 Å². The Morgan fingerprint density at radius 2 is 1.80 bits per heavy atom. The van der Waals surface area contributed by atoms with Crippen molar-refractivity contribution < 1.29 is 28.6 Å². The van der Waals surface area contributed by atoms with Crippen LogP contribution in [0.15, 0.2) is 68.0 Å². The molecule has 10 nitrogen and oxygen atoms in total. The molecule has 3 heterocycles. The van der Waals surface area contributed by atoms with E-state index in [1.807, 2.05) is 0 Å². The molecule has 0 radical (unpaired) electrons. The molecule has 2 aromatic carbocycles. The second kappa shape index (κ2) is 11.5. The van der Waals surface area contributed by atoms with Gasteiger partial charge in [-0.25, -0.2) is 9.79 Å². The molecule has 1 aromatic heterocycles. The van der Waals surface area contributed by atoms with E-state index < -0.39 is 29.4 Å². The fourth-order valence-corrected chi connectivity index (χ4v) is 6.56. The molecule has 0 saturated carbocycles. The maximum Gasteiger partial charge on any atom is 0.338 e. The summed E-state index contributed by atoms with van der Waals surface area (Å²) >= 11 is 4.54. The number of benzene rings is 2. The van der Waals surface area contributed by atoms with Crippen molar-refractivity contribution >= 4 is 56.4 Å². The summed E-state index contributed by atoms with van der Waals surface area (Å²) in [4.78, 5) is 59.9. The zero-order valence-corrected chi connectivity index (χ0v) is 25.1. The van der Waals surface area contributed by atoms with E-state index in [4.69, 9.17) is 14.2 Å². The molecular formula is C29H26BrN3O7S. The molecule has 0 bridgehead atoms. The topological polar surface area (TPSA) is 116 Å². The third-order valence-corrected chi connectivity index (χ3v) is 8.27. The summed E-state index contributed by atoms with van der Waals surface area (Å²) in [7, 11) is 1.51. The van der Waals surface area contributed by atoms with Crippen LogP contribution in [-0.4, -0.2) is 49.3 Å². The number of fused-ring (bicyclic) bond motifs is 2. The largest absolute Gasteiger partial charge is 0.496 e. The van der Waals surface area contributed by atoms with Gasteiger partial charge < -0.3 is 14.2 Å². The smallest absolute Gasteiger partial charge is 0.338 e. The number of aromatic nitrogens is 1. The van der Waals surface area contributed by atoms with Crippen LogP contribution < -0.4 is 24.5 Å². The van der Waals surface area contributed by atoms with Gasteiger partial charge in [-0.2, -0.15) is 0 Å². The lowest BCUT2D eigenvalue weighted by atomic mass is 9.95. The SMILES string of the molecule is CCOC(=O)CN1C(=O)/C(=c2\sc3n(c2=O)[C@@H](c2cc(Br)ccc2OC)C(C(=O)OCC)=C(C)N=3)c2ccccc21. The summed E-state index contributed by atoms with van der Waals surface area (Å²) in [5.41, 5.74) is 1.78. The van der Waals surface area contributed by atoms with Crippen molar-refractivity contribution in [1.82, 2.24) is 4.57 Å². The highest BCUT2D eigenvalue weighted by atomic mass is 79.9. The number of ether oxygens (including phenoxy) is 3. The molecule has 0 unspecified atom stereocenters. The van der Waals surface area contributed by atoms with E-state index >= 15 is 0 Å². The number of anilines is 1. The summed E-state index contributed by atoms with van der Waals surface area (Å²) in [6.07, 6.45) is 0. The normalized spacial score (nSPS) is 17.1. The van der Waals surface area contributed by atoms with E-state index in [0.717, 1.165) is 11.3 Å². The number of halogens is 1. The minimum Gasteiger partial charge on any atom is -0.496 e. The predicted octanol–water partition coefficient (Wildman–Crippen LogP) is 2.85. The number of para-hydroxylation sites is 1. The van der Waals surface area contributed by atoms with Gasteiger partial charge in [0.05, 0.1) is 42.9 Å².